The number of carbonyl (C=O) groups is 1. The molecule has 0 aliphatic rings. The Bertz CT molecular complexity index is 674. The Hall–Kier alpha value is -1.52. The number of nitrogens with zero attached hydrogens (tertiary/aromatic N) is 2. The number of Topliss-reactive ketones (excluding diaryl/α,β-unsaturated/α-hetero) is 1. The second-order valence-corrected chi connectivity index (χ2v) is 4.89. The maximum Gasteiger partial charge on any atom is 0.328 e. The summed E-state index contributed by atoms with van der Waals surface area (Å²) in [7, 11) is 0. The first-order valence-corrected chi connectivity index (χ1v) is 6.52. The highest BCUT2D eigenvalue weighted by Crippen LogP contribution is 2.21. The Morgan fingerprint density at radius 1 is 1.21 bits per heavy atom. The third kappa shape index (κ3) is 2.91. The van der Waals surface area contributed by atoms with Gasteiger partial charge in [0.25, 0.3) is 0 Å². The smallest absolute Gasteiger partial charge is 0.300 e. The van der Waals surface area contributed by atoms with Crippen molar-refractivity contribution in [1.29, 1.82) is 0 Å². The zero-order valence-corrected chi connectivity index (χ0v) is 11.8. The summed E-state index contributed by atoms with van der Waals surface area (Å²) in [6.45, 7) is 2.38. The monoisotopic (exact) mass is 298 g/mol. The van der Waals surface area contributed by atoms with Crippen molar-refractivity contribution < 1.29 is 4.79 Å². The van der Waals surface area contributed by atoms with E-state index in [2.05, 4.69) is 0 Å². The number of carbonyl (C=O) groups excluding carboxylic acids is 1. The highest BCUT2D eigenvalue weighted by molar-refractivity contribution is 6.35. The number of rotatable bonds is 4. The van der Waals surface area contributed by atoms with Gasteiger partial charge >= 0.3 is 5.69 Å². The lowest BCUT2D eigenvalue weighted by molar-refractivity contribution is 0.0971. The fourth-order valence-electron chi connectivity index (χ4n) is 1.77. The molecule has 0 atom stereocenters. The molecule has 6 heteroatoms. The summed E-state index contributed by atoms with van der Waals surface area (Å²) in [6.07, 6.45) is 3.23. The topological polar surface area (TPSA) is 44.0 Å². The summed E-state index contributed by atoms with van der Waals surface area (Å²) >= 11 is 11.8. The van der Waals surface area contributed by atoms with Crippen molar-refractivity contribution in [3.8, 4) is 0 Å². The fraction of sp³-hybridized carbons (Fsp3) is 0.231. The molecule has 2 rings (SSSR count). The second kappa shape index (κ2) is 5.63. The maximum atomic E-state index is 12.1. The van der Waals surface area contributed by atoms with Gasteiger partial charge in [-0.05, 0) is 25.1 Å². The molecule has 0 aliphatic carbocycles. The molecule has 1 heterocycles. The van der Waals surface area contributed by atoms with Crippen molar-refractivity contribution >= 4 is 29.0 Å². The SMILES string of the molecule is CCn1ccn(CC(=O)c2cc(Cl)ccc2Cl)c1=O. The molecule has 2 aromatic rings. The van der Waals surface area contributed by atoms with Gasteiger partial charge in [0.2, 0.25) is 0 Å². The molecule has 1 aromatic carbocycles. The van der Waals surface area contributed by atoms with Gasteiger partial charge in [-0.3, -0.25) is 13.9 Å². The molecule has 0 unspecified atom stereocenters. The van der Waals surface area contributed by atoms with Crippen molar-refractivity contribution in [3.63, 3.8) is 0 Å². The molecular weight excluding hydrogens is 287 g/mol. The number of ketones is 1. The normalized spacial score (nSPS) is 10.7. The van der Waals surface area contributed by atoms with Crippen molar-refractivity contribution in [2.75, 3.05) is 0 Å². The van der Waals surface area contributed by atoms with Crippen LogP contribution in [-0.2, 0) is 13.1 Å². The summed E-state index contributed by atoms with van der Waals surface area (Å²) in [5, 5.41) is 0.767. The van der Waals surface area contributed by atoms with Gasteiger partial charge in [-0.25, -0.2) is 4.79 Å². The molecule has 0 N–H and O–H groups in total. The molecule has 0 amide bonds. The minimum atomic E-state index is -0.247. The molecule has 0 saturated heterocycles. The predicted molar refractivity (Wildman–Crippen MR) is 75.2 cm³/mol. The van der Waals surface area contributed by atoms with Crippen molar-refractivity contribution in [1.82, 2.24) is 9.13 Å². The molecule has 100 valence electrons. The number of aromatic nitrogens is 2. The standard InChI is InChI=1S/C13H12Cl2N2O2/c1-2-16-5-6-17(13(16)19)8-12(18)10-7-9(14)3-4-11(10)15/h3-7H,2,8H2,1H3. The quantitative estimate of drug-likeness (QED) is 0.815. The number of benzene rings is 1. The molecule has 0 radical (unpaired) electrons. The van der Waals surface area contributed by atoms with E-state index in [0.29, 0.717) is 22.2 Å². The van der Waals surface area contributed by atoms with Gasteiger partial charge in [0.05, 0.1) is 11.6 Å². The van der Waals surface area contributed by atoms with E-state index in [1.54, 1.807) is 24.5 Å². The van der Waals surface area contributed by atoms with Crippen LogP contribution < -0.4 is 5.69 Å². The third-order valence-corrected chi connectivity index (χ3v) is 3.37. The van der Waals surface area contributed by atoms with Crippen LogP contribution in [0.2, 0.25) is 10.0 Å². The highest BCUT2D eigenvalue weighted by atomic mass is 35.5. The first-order valence-electron chi connectivity index (χ1n) is 5.76. The fourth-order valence-corrected chi connectivity index (χ4v) is 2.16. The lowest BCUT2D eigenvalue weighted by Gasteiger charge is -2.04. The Morgan fingerprint density at radius 2 is 1.89 bits per heavy atom. The van der Waals surface area contributed by atoms with Crippen molar-refractivity contribution in [3.05, 3.63) is 56.7 Å². The molecule has 0 saturated carbocycles. The van der Waals surface area contributed by atoms with Crippen LogP contribution in [0.15, 0.2) is 35.4 Å². The largest absolute Gasteiger partial charge is 0.328 e. The Balaban J connectivity index is 2.28. The van der Waals surface area contributed by atoms with E-state index in [1.807, 2.05) is 6.92 Å². The van der Waals surface area contributed by atoms with E-state index in [-0.39, 0.29) is 18.0 Å². The Morgan fingerprint density at radius 3 is 2.53 bits per heavy atom. The first-order chi connectivity index (χ1) is 9.02. The second-order valence-electron chi connectivity index (χ2n) is 4.04. The van der Waals surface area contributed by atoms with Crippen LogP contribution >= 0.6 is 23.2 Å². The van der Waals surface area contributed by atoms with Crippen molar-refractivity contribution in [2.24, 2.45) is 0 Å². The molecule has 0 bridgehead atoms. The zero-order valence-electron chi connectivity index (χ0n) is 10.3. The molecule has 0 aliphatic heterocycles. The highest BCUT2D eigenvalue weighted by Gasteiger charge is 2.13. The van der Waals surface area contributed by atoms with Crippen LogP contribution in [0.4, 0.5) is 0 Å². The Kier molecular flexibility index (Phi) is 4.12. The van der Waals surface area contributed by atoms with E-state index >= 15 is 0 Å². The predicted octanol–water partition coefficient (Wildman–Crippen LogP) is 2.86. The minimum absolute atomic E-state index is 0.0497. The van der Waals surface area contributed by atoms with Crippen LogP contribution in [0, 0.1) is 0 Å². The number of imidazole rings is 1. The van der Waals surface area contributed by atoms with Crippen LogP contribution in [0.1, 0.15) is 17.3 Å². The van der Waals surface area contributed by atoms with Gasteiger partial charge in [-0.2, -0.15) is 0 Å². The number of aryl methyl sites for hydroxylation is 1. The first kappa shape index (κ1) is 13.9. The van der Waals surface area contributed by atoms with Gasteiger partial charge < -0.3 is 0 Å². The number of hydrogen-bond acceptors (Lipinski definition) is 2. The average Bonchev–Trinajstić information content (AvgIpc) is 2.73. The number of halogens is 2. The molecule has 1 aromatic heterocycles. The summed E-state index contributed by atoms with van der Waals surface area (Å²) < 4.78 is 2.87. The summed E-state index contributed by atoms with van der Waals surface area (Å²) in [5.41, 5.74) is 0.110. The third-order valence-electron chi connectivity index (χ3n) is 2.80. The van der Waals surface area contributed by atoms with Crippen molar-refractivity contribution in [2.45, 2.75) is 20.0 Å². The molecular formula is C13H12Cl2N2O2. The van der Waals surface area contributed by atoms with Crippen LogP contribution in [0.3, 0.4) is 0 Å². The van der Waals surface area contributed by atoms with Crippen LogP contribution in [0.5, 0.6) is 0 Å². The minimum Gasteiger partial charge on any atom is -0.300 e. The molecule has 4 nitrogen and oxygen atoms in total. The van der Waals surface area contributed by atoms with Crippen LogP contribution in [0.25, 0.3) is 0 Å². The summed E-state index contributed by atoms with van der Waals surface area (Å²) in [4.78, 5) is 24.0. The van der Waals surface area contributed by atoms with E-state index in [9.17, 15) is 9.59 Å². The van der Waals surface area contributed by atoms with Crippen LogP contribution in [-0.4, -0.2) is 14.9 Å². The van der Waals surface area contributed by atoms with E-state index < -0.39 is 0 Å². The molecule has 0 spiro atoms. The molecule has 0 fully saturated rings. The lowest BCUT2D eigenvalue weighted by atomic mass is 10.1. The number of hydrogen-bond donors (Lipinski definition) is 0. The average molecular weight is 299 g/mol. The maximum absolute atomic E-state index is 12.1. The van der Waals surface area contributed by atoms with Gasteiger partial charge in [-0.1, -0.05) is 23.2 Å². The summed E-state index contributed by atoms with van der Waals surface area (Å²) in [6, 6.07) is 4.69. The zero-order chi connectivity index (χ0) is 14.0. The Labute approximate surface area is 120 Å². The molecule has 19 heavy (non-hydrogen) atoms. The van der Waals surface area contributed by atoms with E-state index in [0.717, 1.165) is 0 Å². The van der Waals surface area contributed by atoms with Gasteiger partial charge in [0.15, 0.2) is 5.78 Å². The lowest BCUT2D eigenvalue weighted by Crippen LogP contribution is -2.26. The summed E-state index contributed by atoms with van der Waals surface area (Å²) in [5.74, 6) is -0.247. The van der Waals surface area contributed by atoms with E-state index in [1.165, 1.54) is 15.2 Å². The van der Waals surface area contributed by atoms with E-state index in [4.69, 9.17) is 23.2 Å². The van der Waals surface area contributed by atoms with Gasteiger partial charge in [0, 0.05) is 29.5 Å². The van der Waals surface area contributed by atoms with Gasteiger partial charge in [0.1, 0.15) is 0 Å². The van der Waals surface area contributed by atoms with Gasteiger partial charge in [-0.15, -0.1) is 0 Å².